The van der Waals surface area contributed by atoms with Crippen molar-refractivity contribution < 1.29 is 4.74 Å². The highest BCUT2D eigenvalue weighted by Crippen LogP contribution is 2.31. The lowest BCUT2D eigenvalue weighted by molar-refractivity contribution is 0.399. The normalized spacial score (nSPS) is 12.2. The highest BCUT2D eigenvalue weighted by molar-refractivity contribution is 6.31. The number of halogens is 2. The minimum Gasteiger partial charge on any atom is -0.496 e. The Morgan fingerprint density at radius 3 is 2.57 bits per heavy atom. The van der Waals surface area contributed by atoms with Crippen molar-refractivity contribution in [1.29, 1.82) is 0 Å². The van der Waals surface area contributed by atoms with Crippen molar-refractivity contribution in [2.45, 2.75) is 19.4 Å². The van der Waals surface area contributed by atoms with E-state index >= 15 is 0 Å². The molecule has 0 spiro atoms. The predicted molar refractivity (Wildman–Crippen MR) is 89.6 cm³/mol. The van der Waals surface area contributed by atoms with Gasteiger partial charge in [-0.2, -0.15) is 0 Å². The van der Waals surface area contributed by atoms with Crippen molar-refractivity contribution in [3.05, 3.63) is 63.6 Å². The fourth-order valence-electron chi connectivity index (χ4n) is 2.40. The van der Waals surface area contributed by atoms with Crippen molar-refractivity contribution in [2.24, 2.45) is 0 Å². The van der Waals surface area contributed by atoms with Crippen molar-refractivity contribution in [1.82, 2.24) is 5.32 Å². The van der Waals surface area contributed by atoms with Crippen LogP contribution in [0.5, 0.6) is 5.75 Å². The van der Waals surface area contributed by atoms with Gasteiger partial charge in [-0.1, -0.05) is 54.4 Å². The summed E-state index contributed by atoms with van der Waals surface area (Å²) in [6.45, 7) is 2.95. The van der Waals surface area contributed by atoms with Gasteiger partial charge in [-0.15, -0.1) is 0 Å². The second kappa shape index (κ2) is 7.69. The number of hydrogen-bond donors (Lipinski definition) is 1. The first-order valence-electron chi connectivity index (χ1n) is 6.96. The Labute approximate surface area is 136 Å². The molecular formula is C17H19Cl2NO. The zero-order valence-electron chi connectivity index (χ0n) is 12.2. The maximum absolute atomic E-state index is 6.27. The van der Waals surface area contributed by atoms with Crippen LogP contribution in [0.1, 0.15) is 24.1 Å². The quantitative estimate of drug-likeness (QED) is 0.816. The predicted octanol–water partition coefficient (Wildman–Crippen LogP) is 4.90. The van der Waals surface area contributed by atoms with E-state index in [1.54, 1.807) is 7.11 Å². The average molecular weight is 324 g/mol. The van der Waals surface area contributed by atoms with Crippen LogP contribution in [0.25, 0.3) is 0 Å². The molecule has 0 amide bonds. The van der Waals surface area contributed by atoms with Gasteiger partial charge in [0.2, 0.25) is 0 Å². The van der Waals surface area contributed by atoms with Crippen LogP contribution >= 0.6 is 23.2 Å². The van der Waals surface area contributed by atoms with Crippen molar-refractivity contribution in [2.75, 3.05) is 13.7 Å². The zero-order chi connectivity index (χ0) is 15.2. The summed E-state index contributed by atoms with van der Waals surface area (Å²) >= 11 is 12.3. The monoisotopic (exact) mass is 323 g/mol. The number of methoxy groups -OCH3 is 1. The third-order valence-corrected chi connectivity index (χ3v) is 4.01. The summed E-state index contributed by atoms with van der Waals surface area (Å²) in [5, 5.41) is 4.94. The van der Waals surface area contributed by atoms with E-state index < -0.39 is 0 Å². The van der Waals surface area contributed by atoms with Gasteiger partial charge >= 0.3 is 0 Å². The number of likely N-dealkylation sites (N-methyl/N-ethyl adjacent to an activating group) is 1. The molecule has 1 unspecified atom stereocenters. The molecule has 2 aromatic carbocycles. The molecular weight excluding hydrogens is 305 g/mol. The number of rotatable bonds is 6. The largest absolute Gasteiger partial charge is 0.496 e. The molecule has 0 saturated heterocycles. The van der Waals surface area contributed by atoms with Crippen LogP contribution in [-0.2, 0) is 6.42 Å². The molecule has 0 fully saturated rings. The Morgan fingerprint density at radius 1 is 1.14 bits per heavy atom. The van der Waals surface area contributed by atoms with Gasteiger partial charge < -0.3 is 10.1 Å². The van der Waals surface area contributed by atoms with E-state index in [0.29, 0.717) is 5.02 Å². The maximum Gasteiger partial charge on any atom is 0.125 e. The Balaban J connectivity index is 2.33. The third kappa shape index (κ3) is 4.13. The maximum atomic E-state index is 6.27. The van der Waals surface area contributed by atoms with Crippen molar-refractivity contribution in [3.63, 3.8) is 0 Å². The molecule has 0 radical (unpaired) electrons. The summed E-state index contributed by atoms with van der Waals surface area (Å²) in [7, 11) is 1.66. The molecule has 0 saturated carbocycles. The van der Waals surface area contributed by atoms with Gasteiger partial charge in [0.1, 0.15) is 5.75 Å². The smallest absolute Gasteiger partial charge is 0.125 e. The first kappa shape index (κ1) is 16.2. The topological polar surface area (TPSA) is 21.3 Å². The first-order valence-corrected chi connectivity index (χ1v) is 7.71. The fraction of sp³-hybridized carbons (Fsp3) is 0.294. The SMILES string of the molecule is CCNC(Cc1ccccc1Cl)c1ccc(Cl)cc1OC. The van der Waals surface area contributed by atoms with E-state index in [2.05, 4.69) is 18.3 Å². The van der Waals surface area contributed by atoms with E-state index in [4.69, 9.17) is 27.9 Å². The van der Waals surface area contributed by atoms with Gasteiger partial charge in [0.05, 0.1) is 7.11 Å². The number of nitrogens with one attached hydrogen (secondary N) is 1. The van der Waals surface area contributed by atoms with Gasteiger partial charge in [-0.25, -0.2) is 0 Å². The molecule has 0 aliphatic carbocycles. The molecule has 0 aliphatic heterocycles. The van der Waals surface area contributed by atoms with Crippen LogP contribution in [0, 0.1) is 0 Å². The molecule has 0 heterocycles. The van der Waals surface area contributed by atoms with E-state index in [-0.39, 0.29) is 6.04 Å². The minimum absolute atomic E-state index is 0.127. The average Bonchev–Trinajstić information content (AvgIpc) is 2.49. The molecule has 0 aromatic heterocycles. The van der Waals surface area contributed by atoms with Gasteiger partial charge in [-0.05, 0) is 36.7 Å². The van der Waals surface area contributed by atoms with E-state index in [1.807, 2.05) is 36.4 Å². The van der Waals surface area contributed by atoms with Crippen molar-refractivity contribution in [3.8, 4) is 5.75 Å². The van der Waals surface area contributed by atoms with E-state index in [0.717, 1.165) is 34.9 Å². The molecule has 0 aliphatic rings. The summed E-state index contributed by atoms with van der Waals surface area (Å²) in [6, 6.07) is 13.8. The van der Waals surface area contributed by atoms with Gasteiger partial charge in [0.15, 0.2) is 0 Å². The number of benzene rings is 2. The molecule has 2 nitrogen and oxygen atoms in total. The molecule has 112 valence electrons. The van der Waals surface area contributed by atoms with Crippen LogP contribution in [-0.4, -0.2) is 13.7 Å². The Morgan fingerprint density at radius 2 is 1.90 bits per heavy atom. The van der Waals surface area contributed by atoms with Gasteiger partial charge in [0, 0.05) is 21.7 Å². The third-order valence-electron chi connectivity index (χ3n) is 3.40. The molecule has 2 aromatic rings. The van der Waals surface area contributed by atoms with Gasteiger partial charge in [-0.3, -0.25) is 0 Å². The number of ether oxygens (including phenoxy) is 1. The summed E-state index contributed by atoms with van der Waals surface area (Å²) in [5.41, 5.74) is 2.20. The lowest BCUT2D eigenvalue weighted by Crippen LogP contribution is -2.23. The molecule has 1 N–H and O–H groups in total. The van der Waals surface area contributed by atoms with Crippen LogP contribution < -0.4 is 10.1 Å². The second-order valence-electron chi connectivity index (χ2n) is 4.79. The zero-order valence-corrected chi connectivity index (χ0v) is 13.7. The Kier molecular flexibility index (Phi) is 5.92. The fourth-order valence-corrected chi connectivity index (χ4v) is 2.77. The highest BCUT2D eigenvalue weighted by atomic mass is 35.5. The lowest BCUT2D eigenvalue weighted by atomic mass is 9.98. The molecule has 21 heavy (non-hydrogen) atoms. The van der Waals surface area contributed by atoms with Crippen LogP contribution in [0.4, 0.5) is 0 Å². The lowest BCUT2D eigenvalue weighted by Gasteiger charge is -2.21. The molecule has 1 atom stereocenters. The molecule has 2 rings (SSSR count). The molecule has 4 heteroatoms. The minimum atomic E-state index is 0.127. The Hall–Kier alpha value is -1.22. The van der Waals surface area contributed by atoms with Gasteiger partial charge in [0.25, 0.3) is 0 Å². The second-order valence-corrected chi connectivity index (χ2v) is 5.64. The van der Waals surface area contributed by atoms with Crippen molar-refractivity contribution >= 4 is 23.2 Å². The summed E-state index contributed by atoms with van der Waals surface area (Å²) in [6.07, 6.45) is 0.797. The molecule has 0 bridgehead atoms. The summed E-state index contributed by atoms with van der Waals surface area (Å²) < 4.78 is 5.46. The number of hydrogen-bond acceptors (Lipinski definition) is 2. The van der Waals surface area contributed by atoms with E-state index in [9.17, 15) is 0 Å². The summed E-state index contributed by atoms with van der Waals surface area (Å²) in [4.78, 5) is 0. The highest BCUT2D eigenvalue weighted by Gasteiger charge is 2.17. The Bertz CT molecular complexity index is 601. The van der Waals surface area contributed by atoms with Crippen LogP contribution in [0.15, 0.2) is 42.5 Å². The summed E-state index contributed by atoms with van der Waals surface area (Å²) in [5.74, 6) is 0.792. The van der Waals surface area contributed by atoms with Crippen LogP contribution in [0.2, 0.25) is 10.0 Å². The first-order chi connectivity index (χ1) is 10.2. The standard InChI is InChI=1S/C17H19Cl2NO/c1-3-20-16(10-12-6-4-5-7-15(12)19)14-9-8-13(18)11-17(14)21-2/h4-9,11,16,20H,3,10H2,1-2H3. The van der Waals surface area contributed by atoms with Crippen LogP contribution in [0.3, 0.4) is 0 Å². The van der Waals surface area contributed by atoms with E-state index in [1.165, 1.54) is 0 Å².